The quantitative estimate of drug-likeness (QED) is 0.724. The summed E-state index contributed by atoms with van der Waals surface area (Å²) >= 11 is 6.07. The molecule has 0 aliphatic heterocycles. The molecule has 2 atom stereocenters. The van der Waals surface area contributed by atoms with Crippen molar-refractivity contribution in [2.45, 2.75) is 52.5 Å². The van der Waals surface area contributed by atoms with E-state index in [0.29, 0.717) is 17.2 Å². The second-order valence-electron chi connectivity index (χ2n) is 4.79. The average Bonchev–Trinajstić information content (AvgIpc) is 2.71. The molecule has 1 heterocycles. The fraction of sp³-hybridized carbons (Fsp3) is 0.714. The van der Waals surface area contributed by atoms with Gasteiger partial charge in [-0.2, -0.15) is 0 Å². The van der Waals surface area contributed by atoms with E-state index < -0.39 is 0 Å². The van der Waals surface area contributed by atoms with E-state index >= 15 is 0 Å². The van der Waals surface area contributed by atoms with Crippen molar-refractivity contribution in [2.75, 3.05) is 6.54 Å². The molecule has 0 fully saturated rings. The normalized spacial score (nSPS) is 14.8. The molecule has 1 aromatic rings. The Balaban J connectivity index is 2.63. The van der Waals surface area contributed by atoms with Gasteiger partial charge in [0.05, 0.1) is 6.26 Å². The van der Waals surface area contributed by atoms with Gasteiger partial charge in [0.25, 0.3) is 0 Å². The summed E-state index contributed by atoms with van der Waals surface area (Å²) in [6, 6.07) is 2.30. The topological polar surface area (TPSA) is 25.2 Å². The molecule has 1 N–H and O–H groups in total. The van der Waals surface area contributed by atoms with Gasteiger partial charge in [-0.3, -0.25) is 0 Å². The fourth-order valence-electron chi connectivity index (χ4n) is 2.21. The summed E-state index contributed by atoms with van der Waals surface area (Å²) in [6.45, 7) is 7.73. The molecule has 0 saturated carbocycles. The van der Waals surface area contributed by atoms with Crippen LogP contribution in [0.4, 0.5) is 0 Å². The minimum absolute atomic E-state index is 0.322. The first-order chi connectivity index (χ1) is 8.19. The van der Waals surface area contributed by atoms with Crippen molar-refractivity contribution in [1.82, 2.24) is 5.32 Å². The third-order valence-corrected chi connectivity index (χ3v) is 3.39. The van der Waals surface area contributed by atoms with Crippen LogP contribution in [0.5, 0.6) is 0 Å². The largest absolute Gasteiger partial charge is 0.453 e. The van der Waals surface area contributed by atoms with Crippen molar-refractivity contribution < 1.29 is 4.42 Å². The summed E-state index contributed by atoms with van der Waals surface area (Å²) in [5, 5.41) is 4.09. The van der Waals surface area contributed by atoms with Crippen LogP contribution in [-0.4, -0.2) is 6.54 Å². The highest BCUT2D eigenvalue weighted by atomic mass is 35.5. The third-order valence-electron chi connectivity index (χ3n) is 3.08. The maximum absolute atomic E-state index is 6.07. The molecule has 1 aromatic heterocycles. The molecule has 17 heavy (non-hydrogen) atoms. The molecule has 1 rings (SSSR count). The first-order valence-corrected chi connectivity index (χ1v) is 7.03. The zero-order valence-electron chi connectivity index (χ0n) is 11.1. The van der Waals surface area contributed by atoms with E-state index in [1.807, 2.05) is 6.07 Å². The maximum Gasteiger partial charge on any atom is 0.197 e. The highest BCUT2D eigenvalue weighted by Gasteiger charge is 2.18. The lowest BCUT2D eigenvalue weighted by Crippen LogP contribution is -2.24. The van der Waals surface area contributed by atoms with Crippen molar-refractivity contribution in [3.8, 4) is 0 Å². The van der Waals surface area contributed by atoms with Crippen LogP contribution in [0.25, 0.3) is 0 Å². The summed E-state index contributed by atoms with van der Waals surface area (Å²) in [7, 11) is 0. The van der Waals surface area contributed by atoms with Crippen LogP contribution in [0.15, 0.2) is 16.7 Å². The van der Waals surface area contributed by atoms with Crippen LogP contribution in [0.3, 0.4) is 0 Å². The molecular formula is C14H24ClNO. The lowest BCUT2D eigenvalue weighted by Gasteiger charge is -2.21. The summed E-state index contributed by atoms with van der Waals surface area (Å²) in [5.41, 5.74) is 1.10. The Hall–Kier alpha value is -0.470. The highest BCUT2D eigenvalue weighted by Crippen LogP contribution is 2.29. The first kappa shape index (κ1) is 14.6. The van der Waals surface area contributed by atoms with Gasteiger partial charge in [0.15, 0.2) is 5.22 Å². The average molecular weight is 258 g/mol. The lowest BCUT2D eigenvalue weighted by atomic mass is 9.94. The molecular weight excluding hydrogens is 234 g/mol. The standard InChI is InChI=1S/C14H24ClNO/c1-4-6-11(3)10-13(16-8-5-2)12-7-9-17-14(12)15/h7,9,11,13,16H,4-6,8,10H2,1-3H3. The molecule has 98 valence electrons. The van der Waals surface area contributed by atoms with Gasteiger partial charge in [-0.25, -0.2) is 0 Å². The third kappa shape index (κ3) is 4.72. The molecule has 3 heteroatoms. The molecule has 2 nitrogen and oxygen atoms in total. The van der Waals surface area contributed by atoms with E-state index in [1.165, 1.54) is 12.8 Å². The van der Waals surface area contributed by atoms with Gasteiger partial charge in [0.1, 0.15) is 0 Å². The Morgan fingerprint density at radius 2 is 2.12 bits per heavy atom. The second-order valence-corrected chi connectivity index (χ2v) is 5.13. The lowest BCUT2D eigenvalue weighted by molar-refractivity contribution is 0.388. The van der Waals surface area contributed by atoms with Gasteiger partial charge < -0.3 is 9.73 Å². The minimum atomic E-state index is 0.322. The van der Waals surface area contributed by atoms with Crippen molar-refractivity contribution in [3.63, 3.8) is 0 Å². The second kappa shape index (κ2) is 7.78. The summed E-state index contributed by atoms with van der Waals surface area (Å²) in [6.07, 6.45) is 6.42. The molecule has 0 spiro atoms. The Kier molecular flexibility index (Phi) is 6.68. The van der Waals surface area contributed by atoms with Crippen molar-refractivity contribution in [3.05, 3.63) is 23.1 Å². The Bertz CT molecular complexity index is 311. The minimum Gasteiger partial charge on any atom is -0.453 e. The maximum atomic E-state index is 6.07. The molecule has 0 saturated heterocycles. The van der Waals surface area contributed by atoms with E-state index in [-0.39, 0.29) is 0 Å². The molecule has 2 unspecified atom stereocenters. The number of hydrogen-bond acceptors (Lipinski definition) is 2. The van der Waals surface area contributed by atoms with Gasteiger partial charge in [0, 0.05) is 11.6 Å². The SMILES string of the molecule is CCCNC(CC(C)CCC)c1ccoc1Cl. The zero-order valence-corrected chi connectivity index (χ0v) is 11.9. The van der Waals surface area contributed by atoms with E-state index in [1.54, 1.807) is 6.26 Å². The van der Waals surface area contributed by atoms with Crippen molar-refractivity contribution in [1.29, 1.82) is 0 Å². The summed E-state index contributed by atoms with van der Waals surface area (Å²) in [4.78, 5) is 0. The Labute approximate surface area is 110 Å². The first-order valence-electron chi connectivity index (χ1n) is 6.65. The predicted molar refractivity (Wildman–Crippen MR) is 73.4 cm³/mol. The van der Waals surface area contributed by atoms with Crippen LogP contribution in [0.1, 0.15) is 58.1 Å². The van der Waals surface area contributed by atoms with Gasteiger partial charge in [-0.15, -0.1) is 0 Å². The molecule has 0 bridgehead atoms. The number of hydrogen-bond donors (Lipinski definition) is 1. The van der Waals surface area contributed by atoms with Gasteiger partial charge >= 0.3 is 0 Å². The van der Waals surface area contributed by atoms with Crippen LogP contribution in [-0.2, 0) is 0 Å². The number of rotatable bonds is 8. The van der Waals surface area contributed by atoms with Crippen LogP contribution >= 0.6 is 11.6 Å². The fourth-order valence-corrected chi connectivity index (χ4v) is 2.45. The van der Waals surface area contributed by atoms with Crippen molar-refractivity contribution >= 4 is 11.6 Å². The monoisotopic (exact) mass is 257 g/mol. The number of halogens is 1. The van der Waals surface area contributed by atoms with Crippen LogP contribution in [0.2, 0.25) is 5.22 Å². The molecule has 0 aromatic carbocycles. The predicted octanol–water partition coefficient (Wildman–Crippen LogP) is 4.80. The van der Waals surface area contributed by atoms with Crippen molar-refractivity contribution in [2.24, 2.45) is 5.92 Å². The molecule has 0 aliphatic carbocycles. The van der Waals surface area contributed by atoms with E-state index in [2.05, 4.69) is 26.1 Å². The Morgan fingerprint density at radius 3 is 2.65 bits per heavy atom. The smallest absolute Gasteiger partial charge is 0.197 e. The summed E-state index contributed by atoms with van der Waals surface area (Å²) < 4.78 is 5.19. The van der Waals surface area contributed by atoms with Gasteiger partial charge in [-0.1, -0.05) is 33.6 Å². The van der Waals surface area contributed by atoms with Gasteiger partial charge in [-0.05, 0) is 43.0 Å². The highest BCUT2D eigenvalue weighted by molar-refractivity contribution is 6.29. The van der Waals surface area contributed by atoms with Crippen LogP contribution in [0, 0.1) is 5.92 Å². The van der Waals surface area contributed by atoms with Crippen LogP contribution < -0.4 is 5.32 Å². The molecule has 0 aliphatic rings. The van der Waals surface area contributed by atoms with E-state index in [0.717, 1.165) is 24.9 Å². The van der Waals surface area contributed by atoms with E-state index in [4.69, 9.17) is 16.0 Å². The number of furan rings is 1. The zero-order chi connectivity index (χ0) is 12.7. The van der Waals surface area contributed by atoms with E-state index in [9.17, 15) is 0 Å². The number of nitrogens with one attached hydrogen (secondary N) is 1. The van der Waals surface area contributed by atoms with Gasteiger partial charge in [0.2, 0.25) is 0 Å². The molecule has 0 radical (unpaired) electrons. The Morgan fingerprint density at radius 1 is 1.35 bits per heavy atom. The summed E-state index contributed by atoms with van der Waals surface area (Å²) in [5.74, 6) is 0.709. The molecule has 0 amide bonds.